The fraction of sp³-hybridized carbons (Fsp3) is 0.579. The van der Waals surface area contributed by atoms with Crippen LogP contribution in [0.5, 0.6) is 0 Å². The third-order valence-electron chi connectivity index (χ3n) is 5.39. The van der Waals surface area contributed by atoms with E-state index in [0.29, 0.717) is 13.0 Å². The molecule has 0 bridgehead atoms. The highest BCUT2D eigenvalue weighted by atomic mass is 16.6. The second-order valence-electron chi connectivity index (χ2n) is 7.18. The highest BCUT2D eigenvalue weighted by molar-refractivity contribution is 5.84. The van der Waals surface area contributed by atoms with Crippen LogP contribution in [0.3, 0.4) is 0 Å². The van der Waals surface area contributed by atoms with E-state index in [1.54, 1.807) is 11.8 Å². The number of amides is 1. The van der Waals surface area contributed by atoms with Crippen LogP contribution in [0, 0.1) is 5.41 Å². The van der Waals surface area contributed by atoms with Gasteiger partial charge >= 0.3 is 5.97 Å². The highest BCUT2D eigenvalue weighted by Gasteiger charge is 2.43. The summed E-state index contributed by atoms with van der Waals surface area (Å²) in [6, 6.07) is 8.62. The standard InChI is InChI=1S/C19H26N2O3/c1-14-21(18(23)17(20)15-8-4-2-5-9-15)13-19(12-16(22)24-14)10-6-3-7-11-19/h2,4-5,8-9,14,17H,3,6-7,10-13,20H2,1H3. The van der Waals surface area contributed by atoms with E-state index in [1.165, 1.54) is 6.42 Å². The van der Waals surface area contributed by atoms with Crippen LogP contribution in [0.25, 0.3) is 0 Å². The van der Waals surface area contributed by atoms with E-state index in [2.05, 4.69) is 0 Å². The monoisotopic (exact) mass is 330 g/mol. The first-order valence-corrected chi connectivity index (χ1v) is 8.81. The molecule has 2 atom stereocenters. The normalized spacial score (nSPS) is 25.0. The zero-order valence-corrected chi connectivity index (χ0v) is 14.2. The fourth-order valence-corrected chi connectivity index (χ4v) is 4.02. The zero-order valence-electron chi connectivity index (χ0n) is 14.2. The number of carbonyl (C=O) groups is 2. The Balaban J connectivity index is 1.83. The van der Waals surface area contributed by atoms with Crippen molar-refractivity contribution < 1.29 is 14.3 Å². The molecular formula is C19H26N2O3. The van der Waals surface area contributed by atoms with Gasteiger partial charge in [0.25, 0.3) is 0 Å². The van der Waals surface area contributed by atoms with Gasteiger partial charge < -0.3 is 15.4 Å². The summed E-state index contributed by atoms with van der Waals surface area (Å²) in [5.41, 5.74) is 6.84. The Labute approximate surface area is 143 Å². The molecule has 0 aromatic heterocycles. The number of hydrogen-bond acceptors (Lipinski definition) is 4. The molecule has 2 aliphatic rings. The van der Waals surface area contributed by atoms with Crippen LogP contribution in [0.15, 0.2) is 30.3 Å². The van der Waals surface area contributed by atoms with Gasteiger partial charge in [0.1, 0.15) is 6.04 Å². The lowest BCUT2D eigenvalue weighted by atomic mass is 9.71. The van der Waals surface area contributed by atoms with Crippen LogP contribution in [-0.4, -0.2) is 29.5 Å². The summed E-state index contributed by atoms with van der Waals surface area (Å²) in [5, 5.41) is 0. The number of hydrogen-bond donors (Lipinski definition) is 1. The third kappa shape index (κ3) is 3.46. The minimum absolute atomic E-state index is 0.147. The molecule has 5 heteroatoms. The van der Waals surface area contributed by atoms with E-state index in [4.69, 9.17) is 10.5 Å². The molecule has 1 aliphatic heterocycles. The van der Waals surface area contributed by atoms with E-state index >= 15 is 0 Å². The van der Waals surface area contributed by atoms with E-state index in [9.17, 15) is 9.59 Å². The quantitative estimate of drug-likeness (QED) is 0.846. The van der Waals surface area contributed by atoms with Gasteiger partial charge in [-0.05, 0) is 30.7 Å². The molecule has 1 spiro atoms. The van der Waals surface area contributed by atoms with Gasteiger partial charge in [0.05, 0.1) is 6.42 Å². The number of esters is 1. The van der Waals surface area contributed by atoms with Crippen molar-refractivity contribution in [1.82, 2.24) is 4.90 Å². The maximum atomic E-state index is 13.0. The average molecular weight is 330 g/mol. The summed E-state index contributed by atoms with van der Waals surface area (Å²) >= 11 is 0. The second-order valence-corrected chi connectivity index (χ2v) is 7.18. The zero-order chi connectivity index (χ0) is 17.2. The average Bonchev–Trinajstić information content (AvgIpc) is 2.71. The molecule has 3 rings (SSSR count). The molecule has 1 aromatic carbocycles. The maximum absolute atomic E-state index is 13.0. The second kappa shape index (κ2) is 6.93. The molecule has 2 fully saturated rings. The van der Waals surface area contributed by atoms with Gasteiger partial charge in [0.2, 0.25) is 5.91 Å². The first-order chi connectivity index (χ1) is 11.5. The Morgan fingerprint density at radius 1 is 1.25 bits per heavy atom. The molecule has 2 N–H and O–H groups in total. The molecule has 1 aliphatic carbocycles. The van der Waals surface area contributed by atoms with Crippen molar-refractivity contribution >= 4 is 11.9 Å². The maximum Gasteiger partial charge on any atom is 0.308 e. The van der Waals surface area contributed by atoms with Crippen molar-refractivity contribution in [1.29, 1.82) is 0 Å². The largest absolute Gasteiger partial charge is 0.442 e. The van der Waals surface area contributed by atoms with E-state index < -0.39 is 12.3 Å². The summed E-state index contributed by atoms with van der Waals surface area (Å²) in [5.74, 6) is -0.374. The number of ether oxygens (including phenoxy) is 1. The summed E-state index contributed by atoms with van der Waals surface area (Å²) in [6.07, 6.45) is 5.19. The molecule has 130 valence electrons. The Hall–Kier alpha value is -1.88. The Morgan fingerprint density at radius 3 is 2.58 bits per heavy atom. The lowest BCUT2D eigenvalue weighted by Crippen LogP contribution is -2.48. The Kier molecular flexibility index (Phi) is 4.90. The first kappa shape index (κ1) is 17.0. The van der Waals surface area contributed by atoms with Gasteiger partial charge in [-0.3, -0.25) is 9.59 Å². The highest BCUT2D eigenvalue weighted by Crippen LogP contribution is 2.42. The van der Waals surface area contributed by atoms with E-state index in [-0.39, 0.29) is 17.3 Å². The lowest BCUT2D eigenvalue weighted by molar-refractivity contribution is -0.159. The smallest absolute Gasteiger partial charge is 0.308 e. The van der Waals surface area contributed by atoms with Crippen LogP contribution >= 0.6 is 0 Å². The molecule has 1 saturated heterocycles. The van der Waals surface area contributed by atoms with Crippen molar-refractivity contribution in [3.63, 3.8) is 0 Å². The van der Waals surface area contributed by atoms with Gasteiger partial charge in [0.15, 0.2) is 6.23 Å². The summed E-state index contributed by atoms with van der Waals surface area (Å²) in [6.45, 7) is 2.31. The van der Waals surface area contributed by atoms with Crippen molar-refractivity contribution in [2.75, 3.05) is 6.54 Å². The van der Waals surface area contributed by atoms with Crippen molar-refractivity contribution in [3.05, 3.63) is 35.9 Å². The fourth-order valence-electron chi connectivity index (χ4n) is 4.02. The molecule has 1 saturated carbocycles. The molecule has 1 amide bonds. The summed E-state index contributed by atoms with van der Waals surface area (Å²) < 4.78 is 5.47. The van der Waals surface area contributed by atoms with Gasteiger partial charge in [0, 0.05) is 6.54 Å². The topological polar surface area (TPSA) is 72.6 Å². The van der Waals surface area contributed by atoms with Crippen LogP contribution in [0.1, 0.15) is 57.1 Å². The molecule has 1 heterocycles. The van der Waals surface area contributed by atoms with E-state index in [0.717, 1.165) is 31.2 Å². The van der Waals surface area contributed by atoms with Crippen molar-refractivity contribution in [2.24, 2.45) is 11.1 Å². The number of nitrogens with zero attached hydrogens (tertiary/aromatic N) is 1. The lowest BCUT2D eigenvalue weighted by Gasteiger charge is -2.39. The summed E-state index contributed by atoms with van der Waals surface area (Å²) in [4.78, 5) is 26.9. The number of benzene rings is 1. The number of nitrogens with two attached hydrogens (primary N) is 1. The van der Waals surface area contributed by atoms with E-state index in [1.807, 2.05) is 30.3 Å². The van der Waals surface area contributed by atoms with Crippen LogP contribution in [0.2, 0.25) is 0 Å². The third-order valence-corrected chi connectivity index (χ3v) is 5.39. The van der Waals surface area contributed by atoms with Crippen molar-refractivity contribution in [2.45, 2.75) is 57.7 Å². The van der Waals surface area contributed by atoms with Crippen LogP contribution in [0.4, 0.5) is 0 Å². The van der Waals surface area contributed by atoms with Gasteiger partial charge in [-0.2, -0.15) is 0 Å². The molecule has 2 unspecified atom stereocenters. The molecule has 0 radical (unpaired) electrons. The minimum Gasteiger partial charge on any atom is -0.442 e. The predicted molar refractivity (Wildman–Crippen MR) is 90.8 cm³/mol. The van der Waals surface area contributed by atoms with Crippen molar-refractivity contribution in [3.8, 4) is 0 Å². The number of rotatable bonds is 2. The van der Waals surface area contributed by atoms with Gasteiger partial charge in [-0.1, -0.05) is 49.6 Å². The number of cyclic esters (lactones) is 1. The van der Waals surface area contributed by atoms with Gasteiger partial charge in [-0.15, -0.1) is 0 Å². The van der Waals surface area contributed by atoms with Crippen LogP contribution < -0.4 is 5.73 Å². The molecule has 1 aromatic rings. The molecule has 5 nitrogen and oxygen atoms in total. The Bertz CT molecular complexity index is 596. The predicted octanol–water partition coefficient (Wildman–Crippen LogP) is 2.76. The number of carbonyl (C=O) groups excluding carboxylic acids is 2. The SMILES string of the molecule is CC1OC(=O)CC2(CCCCC2)CN1C(=O)C(N)c1ccccc1. The van der Waals surface area contributed by atoms with Gasteiger partial charge in [-0.25, -0.2) is 0 Å². The Morgan fingerprint density at radius 2 is 1.92 bits per heavy atom. The van der Waals surface area contributed by atoms with Crippen LogP contribution in [-0.2, 0) is 14.3 Å². The molecular weight excluding hydrogens is 304 g/mol. The first-order valence-electron chi connectivity index (χ1n) is 8.81. The molecule has 24 heavy (non-hydrogen) atoms. The minimum atomic E-state index is -0.730. The summed E-state index contributed by atoms with van der Waals surface area (Å²) in [7, 11) is 0.